The molecule has 0 unspecified atom stereocenters. The largest absolute Gasteiger partial charge is 0.497 e. The molecule has 0 bridgehead atoms. The van der Waals surface area contributed by atoms with Crippen molar-refractivity contribution in [2.24, 2.45) is 0 Å². The maximum Gasteiger partial charge on any atom is 0.322 e. The normalized spacial score (nSPS) is 12.0. The summed E-state index contributed by atoms with van der Waals surface area (Å²) in [6.07, 6.45) is -0.0538. The number of benzene rings is 3. The average Bonchev–Trinajstić information content (AvgIpc) is 3.18. The number of ether oxygens (including phenoxy) is 2. The number of carboxylic acids is 1. The molecule has 0 radical (unpaired) electrons. The smallest absolute Gasteiger partial charge is 0.322 e. The molecule has 4 rings (SSSR count). The number of rotatable bonds is 11. The van der Waals surface area contributed by atoms with Crippen LogP contribution in [0.15, 0.2) is 71.6 Å². The van der Waals surface area contributed by atoms with E-state index in [0.29, 0.717) is 18.0 Å². The van der Waals surface area contributed by atoms with Crippen molar-refractivity contribution in [3.05, 3.63) is 89.1 Å². The van der Waals surface area contributed by atoms with Crippen LogP contribution in [0.25, 0.3) is 10.9 Å². The SMILES string of the molecule is CC#CCOc1ccc(S(=O)(=O)N[C@@H](Cc2c(C)n(Cc3cccc(C)c3)c3ccc(OC)cc23)C(=O)O)cc1. The van der Waals surface area contributed by atoms with Gasteiger partial charge < -0.3 is 19.1 Å². The molecule has 0 amide bonds. The van der Waals surface area contributed by atoms with Crippen LogP contribution in [0.1, 0.15) is 29.3 Å². The second kappa shape index (κ2) is 12.3. The van der Waals surface area contributed by atoms with Crippen molar-refractivity contribution in [3.8, 4) is 23.3 Å². The lowest BCUT2D eigenvalue weighted by Crippen LogP contribution is -2.42. The first-order valence-corrected chi connectivity index (χ1v) is 14.2. The molecule has 4 aromatic rings. The molecule has 0 fully saturated rings. The molecule has 40 heavy (non-hydrogen) atoms. The maximum absolute atomic E-state index is 13.2. The molecule has 9 heteroatoms. The van der Waals surface area contributed by atoms with Crippen LogP contribution in [0.2, 0.25) is 0 Å². The van der Waals surface area contributed by atoms with Crippen LogP contribution in [0.4, 0.5) is 0 Å². The van der Waals surface area contributed by atoms with E-state index < -0.39 is 22.0 Å². The van der Waals surface area contributed by atoms with Gasteiger partial charge in [0.1, 0.15) is 24.1 Å². The van der Waals surface area contributed by atoms with Crippen molar-refractivity contribution in [2.75, 3.05) is 13.7 Å². The van der Waals surface area contributed by atoms with Crippen molar-refractivity contribution < 1.29 is 27.8 Å². The van der Waals surface area contributed by atoms with Crippen LogP contribution >= 0.6 is 0 Å². The number of aliphatic carboxylic acids is 1. The molecule has 8 nitrogen and oxygen atoms in total. The van der Waals surface area contributed by atoms with Gasteiger partial charge in [-0.2, -0.15) is 4.72 Å². The Kier molecular flexibility index (Phi) is 8.83. The van der Waals surface area contributed by atoms with Gasteiger partial charge in [0.25, 0.3) is 0 Å². The number of fused-ring (bicyclic) bond motifs is 1. The quantitative estimate of drug-likeness (QED) is 0.258. The van der Waals surface area contributed by atoms with E-state index in [1.54, 1.807) is 14.0 Å². The summed E-state index contributed by atoms with van der Waals surface area (Å²) in [7, 11) is -2.57. The number of nitrogens with one attached hydrogen (secondary N) is 1. The number of aromatic nitrogens is 1. The number of methoxy groups -OCH3 is 1. The van der Waals surface area contributed by atoms with Gasteiger partial charge in [-0.1, -0.05) is 35.7 Å². The first-order valence-electron chi connectivity index (χ1n) is 12.7. The fourth-order valence-corrected chi connectivity index (χ4v) is 5.85. The van der Waals surface area contributed by atoms with Gasteiger partial charge in [0, 0.05) is 29.6 Å². The Morgan fingerprint density at radius 1 is 1.05 bits per heavy atom. The summed E-state index contributed by atoms with van der Waals surface area (Å²) < 4.78 is 41.7. The third-order valence-electron chi connectivity index (χ3n) is 6.71. The van der Waals surface area contributed by atoms with Gasteiger partial charge in [0.15, 0.2) is 0 Å². The summed E-state index contributed by atoms with van der Waals surface area (Å²) in [5, 5.41) is 10.9. The van der Waals surface area contributed by atoms with E-state index in [2.05, 4.69) is 27.2 Å². The van der Waals surface area contributed by atoms with E-state index in [4.69, 9.17) is 9.47 Å². The predicted molar refractivity (Wildman–Crippen MR) is 154 cm³/mol. The standard InChI is InChI=1S/C31H32N2O6S/c1-5-6-16-39-24-10-13-26(14-11-24)40(36,37)32-29(31(34)35)19-27-22(3)33(20-23-9-7-8-21(2)17-23)30-15-12-25(38-4)18-28(27)30/h7-15,17-18,29,32H,16,19-20H2,1-4H3,(H,34,35)/t29-/m0/s1. The molecule has 208 valence electrons. The number of hydrogen-bond donors (Lipinski definition) is 2. The second-order valence-corrected chi connectivity index (χ2v) is 11.1. The molecule has 1 heterocycles. The summed E-state index contributed by atoms with van der Waals surface area (Å²) >= 11 is 0. The summed E-state index contributed by atoms with van der Waals surface area (Å²) in [6, 6.07) is 18.2. The number of nitrogens with zero attached hydrogens (tertiary/aromatic N) is 1. The first kappa shape index (κ1) is 28.7. The molecule has 0 aliphatic rings. The van der Waals surface area contributed by atoms with Crippen LogP contribution in [0, 0.1) is 25.7 Å². The lowest BCUT2D eigenvalue weighted by atomic mass is 10.0. The van der Waals surface area contributed by atoms with Crippen LogP contribution in [0.3, 0.4) is 0 Å². The van der Waals surface area contributed by atoms with Crippen LogP contribution < -0.4 is 14.2 Å². The minimum absolute atomic E-state index is 0.0538. The Morgan fingerprint density at radius 3 is 2.42 bits per heavy atom. The Bertz CT molecular complexity index is 1700. The average molecular weight is 561 g/mol. The summed E-state index contributed by atoms with van der Waals surface area (Å²) in [6.45, 7) is 6.42. The van der Waals surface area contributed by atoms with Gasteiger partial charge >= 0.3 is 5.97 Å². The Hall–Kier alpha value is -4.26. The Balaban J connectivity index is 1.66. The fraction of sp³-hybridized carbons (Fsp3) is 0.258. The van der Waals surface area contributed by atoms with E-state index in [0.717, 1.165) is 33.3 Å². The predicted octanol–water partition coefficient (Wildman–Crippen LogP) is 4.69. The van der Waals surface area contributed by atoms with Crippen LogP contribution in [-0.2, 0) is 27.8 Å². The van der Waals surface area contributed by atoms with E-state index in [1.807, 2.05) is 50.2 Å². The van der Waals surface area contributed by atoms with Gasteiger partial charge in [-0.3, -0.25) is 4.79 Å². The Morgan fingerprint density at radius 2 is 1.77 bits per heavy atom. The van der Waals surface area contributed by atoms with Gasteiger partial charge in [0.05, 0.1) is 12.0 Å². The third kappa shape index (κ3) is 6.47. The number of hydrogen-bond acceptors (Lipinski definition) is 5. The zero-order valence-electron chi connectivity index (χ0n) is 22.9. The van der Waals surface area contributed by atoms with Crippen molar-refractivity contribution in [3.63, 3.8) is 0 Å². The summed E-state index contributed by atoms with van der Waals surface area (Å²) in [5.41, 5.74) is 4.74. The molecule has 0 saturated heterocycles. The number of carbonyl (C=O) groups is 1. The molecule has 0 saturated carbocycles. The van der Waals surface area contributed by atoms with Gasteiger partial charge in [-0.25, -0.2) is 8.42 Å². The molecule has 0 spiro atoms. The highest BCUT2D eigenvalue weighted by Gasteiger charge is 2.28. The maximum atomic E-state index is 13.2. The van der Waals surface area contributed by atoms with Crippen LogP contribution in [0.5, 0.6) is 11.5 Å². The second-order valence-electron chi connectivity index (χ2n) is 9.43. The summed E-state index contributed by atoms with van der Waals surface area (Å²) in [4.78, 5) is 12.3. The number of aryl methyl sites for hydroxylation is 1. The Labute approximate surface area is 234 Å². The highest BCUT2D eigenvalue weighted by Crippen LogP contribution is 2.31. The van der Waals surface area contributed by atoms with Crippen molar-refractivity contribution in [1.82, 2.24) is 9.29 Å². The number of sulfonamides is 1. The summed E-state index contributed by atoms with van der Waals surface area (Å²) in [5.74, 6) is 5.30. The molecule has 3 aromatic carbocycles. The van der Waals surface area contributed by atoms with Crippen molar-refractivity contribution in [1.29, 1.82) is 0 Å². The van der Waals surface area contributed by atoms with Gasteiger partial charge in [-0.15, -0.1) is 5.92 Å². The lowest BCUT2D eigenvalue weighted by molar-refractivity contribution is -0.138. The first-order chi connectivity index (χ1) is 19.1. The molecule has 0 aliphatic heterocycles. The van der Waals surface area contributed by atoms with Crippen LogP contribution in [-0.4, -0.2) is 43.8 Å². The fourth-order valence-electron chi connectivity index (χ4n) is 4.66. The molecule has 1 aromatic heterocycles. The highest BCUT2D eigenvalue weighted by atomic mass is 32.2. The zero-order valence-corrected chi connectivity index (χ0v) is 23.7. The zero-order chi connectivity index (χ0) is 28.9. The number of carboxylic acid groups (broad SMARTS) is 1. The van der Waals surface area contributed by atoms with E-state index in [1.165, 1.54) is 24.3 Å². The minimum Gasteiger partial charge on any atom is -0.497 e. The minimum atomic E-state index is -4.14. The molecular weight excluding hydrogens is 528 g/mol. The third-order valence-corrected chi connectivity index (χ3v) is 8.20. The van der Waals surface area contributed by atoms with Crippen molar-refractivity contribution in [2.45, 2.75) is 44.7 Å². The van der Waals surface area contributed by atoms with Crippen molar-refractivity contribution >= 4 is 26.9 Å². The van der Waals surface area contributed by atoms with Gasteiger partial charge in [0.2, 0.25) is 10.0 Å². The molecule has 2 N–H and O–H groups in total. The molecule has 0 aliphatic carbocycles. The highest BCUT2D eigenvalue weighted by molar-refractivity contribution is 7.89. The lowest BCUT2D eigenvalue weighted by Gasteiger charge is -2.16. The topological polar surface area (TPSA) is 107 Å². The monoisotopic (exact) mass is 560 g/mol. The van der Waals surface area contributed by atoms with E-state index in [-0.39, 0.29) is 17.9 Å². The van der Waals surface area contributed by atoms with Gasteiger partial charge in [-0.05, 0) is 74.4 Å². The molecule has 1 atom stereocenters. The molecular formula is C31H32N2O6S. The van der Waals surface area contributed by atoms with E-state index in [9.17, 15) is 18.3 Å². The van der Waals surface area contributed by atoms with E-state index >= 15 is 0 Å².